The zero-order valence-electron chi connectivity index (χ0n) is 16.3. The van der Waals surface area contributed by atoms with E-state index in [0.29, 0.717) is 0 Å². The van der Waals surface area contributed by atoms with E-state index in [-0.39, 0.29) is 0 Å². The van der Waals surface area contributed by atoms with E-state index in [0.717, 1.165) is 10.8 Å². The summed E-state index contributed by atoms with van der Waals surface area (Å²) in [6.45, 7) is 7.35. The Bertz CT molecular complexity index is 1140. The lowest BCUT2D eigenvalue weighted by atomic mass is 9.78. The lowest BCUT2D eigenvalue weighted by molar-refractivity contribution is -0.0893. The van der Waals surface area contributed by atoms with Crippen molar-refractivity contribution in [2.45, 2.75) is 38.9 Å². The average Bonchev–Trinajstić information content (AvgIpc) is 2.65. The van der Waals surface area contributed by atoms with Gasteiger partial charge in [-0.2, -0.15) is 0 Å². The van der Waals surface area contributed by atoms with Gasteiger partial charge in [0.05, 0.1) is 11.2 Å². The molecule has 0 aliphatic heterocycles. The number of rotatable bonds is 4. The van der Waals surface area contributed by atoms with Crippen LogP contribution in [-0.2, 0) is 4.65 Å². The Morgan fingerprint density at radius 1 is 0.704 bits per heavy atom. The molecule has 0 heterocycles. The molecule has 0 saturated carbocycles. The van der Waals surface area contributed by atoms with Crippen LogP contribution in [0.25, 0.3) is 32.3 Å². The monoisotopic (exact) mass is 355 g/mol. The van der Waals surface area contributed by atoms with Gasteiger partial charge in [-0.3, -0.25) is 0 Å². The minimum atomic E-state index is -0.956. The third kappa shape index (κ3) is 3.11. The minimum Gasteiger partial charge on any atom is -0.427 e. The van der Waals surface area contributed by atoms with Crippen LogP contribution in [0.4, 0.5) is 0 Å². The second-order valence-electron chi connectivity index (χ2n) is 8.20. The predicted molar refractivity (Wildman–Crippen MR) is 116 cm³/mol. The highest BCUT2D eigenvalue weighted by atomic mass is 16.5. The molecule has 0 bridgehead atoms. The Balaban J connectivity index is 1.92. The molecule has 0 aromatic heterocycles. The van der Waals surface area contributed by atoms with Crippen LogP contribution in [0.1, 0.15) is 27.7 Å². The second kappa shape index (κ2) is 6.37. The lowest BCUT2D eigenvalue weighted by Gasteiger charge is -2.37. The van der Waals surface area contributed by atoms with Crippen LogP contribution in [0.15, 0.2) is 66.7 Å². The first-order valence-electron chi connectivity index (χ1n) is 9.34. The molecule has 1 radical (unpaired) electrons. The molecule has 0 aliphatic rings. The molecule has 0 atom stereocenters. The first-order chi connectivity index (χ1) is 12.8. The molecule has 135 valence electrons. The first kappa shape index (κ1) is 18.0. The molecule has 0 unspecified atom stereocenters. The van der Waals surface area contributed by atoms with Crippen molar-refractivity contribution >= 4 is 45.3 Å². The van der Waals surface area contributed by atoms with Gasteiger partial charge in [-0.25, -0.2) is 0 Å². The van der Waals surface area contributed by atoms with Gasteiger partial charge in [0.2, 0.25) is 0 Å². The normalized spacial score (nSPS) is 12.8. The molecule has 0 fully saturated rings. The van der Waals surface area contributed by atoms with Crippen molar-refractivity contribution in [1.82, 2.24) is 0 Å². The molecular weight excluding hydrogens is 331 g/mol. The molecule has 2 nitrogen and oxygen atoms in total. The van der Waals surface area contributed by atoms with Gasteiger partial charge < -0.3 is 9.76 Å². The van der Waals surface area contributed by atoms with Crippen molar-refractivity contribution in [3.05, 3.63) is 66.7 Å². The highest BCUT2D eigenvalue weighted by Crippen LogP contribution is 2.31. The number of fused-ring (bicyclic) bond motifs is 5. The van der Waals surface area contributed by atoms with Crippen molar-refractivity contribution < 1.29 is 9.76 Å². The fraction of sp³-hybridized carbons (Fsp3) is 0.250. The van der Waals surface area contributed by atoms with Gasteiger partial charge in [0, 0.05) is 0 Å². The van der Waals surface area contributed by atoms with E-state index in [9.17, 15) is 5.11 Å². The van der Waals surface area contributed by atoms with Gasteiger partial charge in [0.1, 0.15) is 0 Å². The van der Waals surface area contributed by atoms with E-state index in [2.05, 4.69) is 60.7 Å². The Morgan fingerprint density at radius 3 is 2.00 bits per heavy atom. The smallest absolute Gasteiger partial charge is 0.331 e. The van der Waals surface area contributed by atoms with E-state index >= 15 is 0 Å². The maximum Gasteiger partial charge on any atom is 0.331 e. The van der Waals surface area contributed by atoms with E-state index in [4.69, 9.17) is 4.65 Å². The quantitative estimate of drug-likeness (QED) is 0.414. The Hall–Kier alpha value is -2.36. The Morgan fingerprint density at radius 2 is 1.30 bits per heavy atom. The molecule has 0 saturated heterocycles. The lowest BCUT2D eigenvalue weighted by Crippen LogP contribution is -2.49. The average molecular weight is 355 g/mol. The van der Waals surface area contributed by atoms with Crippen LogP contribution >= 0.6 is 0 Å². The Kier molecular flexibility index (Phi) is 4.25. The molecule has 4 rings (SSSR count). The number of aliphatic hydroxyl groups is 1. The van der Waals surface area contributed by atoms with Gasteiger partial charge in [0.25, 0.3) is 0 Å². The highest BCUT2D eigenvalue weighted by molar-refractivity contribution is 6.53. The fourth-order valence-corrected chi connectivity index (χ4v) is 3.34. The number of hydrogen-bond acceptors (Lipinski definition) is 2. The SMILES string of the molecule is CC(C)(O)C(C)(C)O[B]c1cc2c3ccccc3ccc2c2ccccc12. The van der Waals surface area contributed by atoms with Crippen molar-refractivity contribution in [2.75, 3.05) is 0 Å². The van der Waals surface area contributed by atoms with Crippen molar-refractivity contribution in [3.63, 3.8) is 0 Å². The summed E-state index contributed by atoms with van der Waals surface area (Å²) in [4.78, 5) is 0. The van der Waals surface area contributed by atoms with Crippen LogP contribution in [-0.4, -0.2) is 23.8 Å². The molecule has 4 aromatic rings. The molecule has 0 amide bonds. The van der Waals surface area contributed by atoms with E-state index in [1.54, 1.807) is 21.3 Å². The topological polar surface area (TPSA) is 29.5 Å². The second-order valence-corrected chi connectivity index (χ2v) is 8.20. The maximum absolute atomic E-state index is 10.4. The number of benzene rings is 4. The molecule has 3 heteroatoms. The summed E-state index contributed by atoms with van der Waals surface area (Å²) >= 11 is 0. The van der Waals surface area contributed by atoms with Crippen LogP contribution in [0.3, 0.4) is 0 Å². The van der Waals surface area contributed by atoms with Crippen molar-refractivity contribution in [1.29, 1.82) is 0 Å². The molecule has 27 heavy (non-hydrogen) atoms. The summed E-state index contributed by atoms with van der Waals surface area (Å²) < 4.78 is 6.07. The summed E-state index contributed by atoms with van der Waals surface area (Å²) in [5.41, 5.74) is -0.642. The van der Waals surface area contributed by atoms with Crippen molar-refractivity contribution in [2.24, 2.45) is 0 Å². The van der Waals surface area contributed by atoms with Crippen LogP contribution in [0, 0.1) is 0 Å². The zero-order chi connectivity index (χ0) is 19.2. The summed E-state index contributed by atoms with van der Waals surface area (Å²) in [6.07, 6.45) is 0. The van der Waals surface area contributed by atoms with Gasteiger partial charge in [-0.05, 0) is 65.5 Å². The molecule has 1 N–H and O–H groups in total. The minimum absolute atomic E-state index is 0.707. The van der Waals surface area contributed by atoms with Crippen molar-refractivity contribution in [3.8, 4) is 0 Å². The van der Waals surface area contributed by atoms with E-state index < -0.39 is 11.2 Å². The highest BCUT2D eigenvalue weighted by Gasteiger charge is 2.35. The number of hydrogen-bond donors (Lipinski definition) is 1. The summed E-state index contributed by atoms with van der Waals surface area (Å²) in [5.74, 6) is 0. The van der Waals surface area contributed by atoms with Gasteiger partial charge in [0.15, 0.2) is 0 Å². The fourth-order valence-electron chi connectivity index (χ4n) is 3.34. The zero-order valence-corrected chi connectivity index (χ0v) is 16.3. The van der Waals surface area contributed by atoms with E-state index in [1.165, 1.54) is 26.9 Å². The third-order valence-electron chi connectivity index (χ3n) is 5.75. The maximum atomic E-state index is 10.4. The summed E-state index contributed by atoms with van der Waals surface area (Å²) in [6, 6.07) is 23.4. The molecule has 0 spiro atoms. The Labute approximate surface area is 161 Å². The summed E-state index contributed by atoms with van der Waals surface area (Å²) in [7, 11) is 1.79. The third-order valence-corrected chi connectivity index (χ3v) is 5.75. The summed E-state index contributed by atoms with van der Waals surface area (Å²) in [5, 5.41) is 17.7. The molecule has 0 aliphatic carbocycles. The van der Waals surface area contributed by atoms with Gasteiger partial charge in [-0.15, -0.1) is 0 Å². The van der Waals surface area contributed by atoms with E-state index in [1.807, 2.05) is 19.9 Å². The molecular formula is C24H24BO2. The van der Waals surface area contributed by atoms with Crippen LogP contribution < -0.4 is 5.46 Å². The molecule has 4 aromatic carbocycles. The van der Waals surface area contributed by atoms with Crippen LogP contribution in [0.5, 0.6) is 0 Å². The standard InChI is InChI=1S/C24H24BO2/c1-23(2,26)24(3,4)27-25-22-15-21-17-10-6-5-9-16(17)13-14-19(21)18-11-7-8-12-20(18)22/h5-15,26H,1-4H3. The van der Waals surface area contributed by atoms with Gasteiger partial charge in [-0.1, -0.05) is 66.7 Å². The van der Waals surface area contributed by atoms with Crippen LogP contribution in [0.2, 0.25) is 0 Å². The predicted octanol–water partition coefficient (Wildman–Crippen LogP) is 4.96. The largest absolute Gasteiger partial charge is 0.427 e. The van der Waals surface area contributed by atoms with Gasteiger partial charge >= 0.3 is 7.48 Å². The first-order valence-corrected chi connectivity index (χ1v) is 9.34.